The Bertz CT molecular complexity index is 889. The number of carbonyl (C=O) groups excluding carboxylic acids is 1. The lowest BCUT2D eigenvalue weighted by molar-refractivity contribution is -0.121. The van der Waals surface area contributed by atoms with Crippen molar-refractivity contribution in [3.63, 3.8) is 0 Å². The number of pyridine rings is 1. The van der Waals surface area contributed by atoms with E-state index in [1.54, 1.807) is 13.8 Å². The molecule has 0 bridgehead atoms. The van der Waals surface area contributed by atoms with Crippen LogP contribution >= 0.6 is 0 Å². The van der Waals surface area contributed by atoms with Crippen LogP contribution in [0.4, 0.5) is 0 Å². The predicted molar refractivity (Wildman–Crippen MR) is 102 cm³/mol. The summed E-state index contributed by atoms with van der Waals surface area (Å²) in [5.41, 5.74) is 4.26. The second kappa shape index (κ2) is 8.48. The molecule has 0 aliphatic heterocycles. The van der Waals surface area contributed by atoms with Crippen LogP contribution in [-0.4, -0.2) is 10.9 Å². The van der Waals surface area contributed by atoms with E-state index >= 15 is 0 Å². The second-order valence-electron chi connectivity index (χ2n) is 6.61. The molecule has 0 radical (unpaired) electrons. The highest BCUT2D eigenvalue weighted by molar-refractivity contribution is 5.76. The Labute approximate surface area is 154 Å². The Morgan fingerprint density at radius 3 is 2.46 bits per heavy atom. The molecular weight excluding hydrogens is 326 g/mol. The number of nitriles is 1. The van der Waals surface area contributed by atoms with Crippen LogP contribution < -0.4 is 10.9 Å². The summed E-state index contributed by atoms with van der Waals surface area (Å²) < 4.78 is 0. The SMILES string of the molecule is CCC(NC(=O)CCc1c(C)[nH]c(=O)c(C#N)c1C)c1ccc(C)cc1. The third-order valence-corrected chi connectivity index (χ3v) is 4.75. The van der Waals surface area contributed by atoms with Gasteiger partial charge in [-0.05, 0) is 50.3 Å². The summed E-state index contributed by atoms with van der Waals surface area (Å²) in [6.07, 6.45) is 1.60. The fourth-order valence-electron chi connectivity index (χ4n) is 3.15. The molecule has 136 valence electrons. The maximum absolute atomic E-state index is 12.4. The highest BCUT2D eigenvalue weighted by Crippen LogP contribution is 2.18. The summed E-state index contributed by atoms with van der Waals surface area (Å²) in [6, 6.07) is 10.1. The average Bonchev–Trinajstić information content (AvgIpc) is 2.60. The number of hydrogen-bond donors (Lipinski definition) is 2. The predicted octanol–water partition coefficient (Wildman–Crippen LogP) is 3.37. The Kier molecular flexibility index (Phi) is 6.35. The minimum absolute atomic E-state index is 0.0180. The van der Waals surface area contributed by atoms with Gasteiger partial charge >= 0.3 is 0 Å². The highest BCUT2D eigenvalue weighted by Gasteiger charge is 2.16. The van der Waals surface area contributed by atoms with Crippen molar-refractivity contribution in [2.45, 2.75) is 53.0 Å². The van der Waals surface area contributed by atoms with Gasteiger partial charge in [0.2, 0.25) is 5.91 Å². The molecule has 1 atom stereocenters. The second-order valence-corrected chi connectivity index (χ2v) is 6.61. The topological polar surface area (TPSA) is 85.8 Å². The quantitative estimate of drug-likeness (QED) is 0.836. The number of aromatic amines is 1. The summed E-state index contributed by atoms with van der Waals surface area (Å²) in [4.78, 5) is 26.9. The maximum atomic E-state index is 12.4. The monoisotopic (exact) mass is 351 g/mol. The van der Waals surface area contributed by atoms with Crippen molar-refractivity contribution >= 4 is 5.91 Å². The lowest BCUT2D eigenvalue weighted by Crippen LogP contribution is -2.28. The molecule has 0 aliphatic carbocycles. The number of nitrogens with one attached hydrogen (secondary N) is 2. The molecule has 0 spiro atoms. The van der Waals surface area contributed by atoms with Gasteiger partial charge in [0.05, 0.1) is 6.04 Å². The van der Waals surface area contributed by atoms with Gasteiger partial charge in [-0.15, -0.1) is 0 Å². The Morgan fingerprint density at radius 2 is 1.88 bits per heavy atom. The minimum Gasteiger partial charge on any atom is -0.349 e. The van der Waals surface area contributed by atoms with Gasteiger partial charge in [0.1, 0.15) is 11.6 Å². The van der Waals surface area contributed by atoms with Gasteiger partial charge in [-0.25, -0.2) is 0 Å². The summed E-state index contributed by atoms with van der Waals surface area (Å²) >= 11 is 0. The normalized spacial score (nSPS) is 11.7. The molecule has 2 rings (SSSR count). The van der Waals surface area contributed by atoms with Crippen LogP contribution in [0.5, 0.6) is 0 Å². The molecule has 1 aromatic carbocycles. The molecule has 1 amide bonds. The van der Waals surface area contributed by atoms with Crippen molar-refractivity contribution < 1.29 is 4.79 Å². The van der Waals surface area contributed by atoms with Gasteiger partial charge in [-0.3, -0.25) is 9.59 Å². The van der Waals surface area contributed by atoms with E-state index in [0.717, 1.165) is 17.5 Å². The largest absolute Gasteiger partial charge is 0.349 e. The minimum atomic E-state index is -0.374. The molecule has 2 N–H and O–H groups in total. The van der Waals surface area contributed by atoms with Crippen molar-refractivity contribution in [1.82, 2.24) is 10.3 Å². The van der Waals surface area contributed by atoms with Crippen LogP contribution in [0.3, 0.4) is 0 Å². The van der Waals surface area contributed by atoms with Gasteiger partial charge in [-0.2, -0.15) is 5.26 Å². The summed E-state index contributed by atoms with van der Waals surface area (Å²) in [6.45, 7) is 7.63. The molecule has 0 fully saturated rings. The number of H-pyrrole nitrogens is 1. The summed E-state index contributed by atoms with van der Waals surface area (Å²) in [7, 11) is 0. The lowest BCUT2D eigenvalue weighted by atomic mass is 9.98. The first-order valence-corrected chi connectivity index (χ1v) is 8.85. The van der Waals surface area contributed by atoms with E-state index in [-0.39, 0.29) is 23.1 Å². The number of nitrogens with zero attached hydrogens (tertiary/aromatic N) is 1. The van der Waals surface area contributed by atoms with E-state index in [1.807, 2.05) is 44.2 Å². The zero-order chi connectivity index (χ0) is 19.3. The fourth-order valence-corrected chi connectivity index (χ4v) is 3.15. The molecule has 5 heteroatoms. The van der Waals surface area contributed by atoms with Crippen LogP contribution in [0.2, 0.25) is 0 Å². The average molecular weight is 351 g/mol. The van der Waals surface area contributed by atoms with E-state index in [4.69, 9.17) is 5.26 Å². The van der Waals surface area contributed by atoms with Gasteiger partial charge in [0.15, 0.2) is 0 Å². The van der Waals surface area contributed by atoms with E-state index in [1.165, 1.54) is 5.56 Å². The van der Waals surface area contributed by atoms with Crippen LogP contribution in [0.1, 0.15) is 59.3 Å². The van der Waals surface area contributed by atoms with E-state index < -0.39 is 0 Å². The van der Waals surface area contributed by atoms with Crippen LogP contribution in [0, 0.1) is 32.1 Å². The standard InChI is InChI=1S/C21H25N3O2/c1-5-19(16-8-6-13(2)7-9-16)24-20(25)11-10-17-14(3)18(12-22)21(26)23-15(17)4/h6-9,19H,5,10-11H2,1-4H3,(H,23,26)(H,24,25). The number of rotatable bonds is 6. The van der Waals surface area contributed by atoms with Crippen molar-refractivity contribution in [2.24, 2.45) is 0 Å². The van der Waals surface area contributed by atoms with Gasteiger partial charge in [0.25, 0.3) is 5.56 Å². The zero-order valence-corrected chi connectivity index (χ0v) is 15.8. The van der Waals surface area contributed by atoms with Crippen LogP contribution in [0.25, 0.3) is 0 Å². The van der Waals surface area contributed by atoms with E-state index in [0.29, 0.717) is 24.1 Å². The zero-order valence-electron chi connectivity index (χ0n) is 15.8. The molecule has 26 heavy (non-hydrogen) atoms. The van der Waals surface area contributed by atoms with Crippen LogP contribution in [-0.2, 0) is 11.2 Å². The molecule has 1 heterocycles. The van der Waals surface area contributed by atoms with Crippen molar-refractivity contribution in [1.29, 1.82) is 5.26 Å². The van der Waals surface area contributed by atoms with Crippen molar-refractivity contribution in [2.75, 3.05) is 0 Å². The summed E-state index contributed by atoms with van der Waals surface area (Å²) in [5.74, 6) is -0.0408. The molecule has 1 aromatic heterocycles. The maximum Gasteiger partial charge on any atom is 0.266 e. The van der Waals surface area contributed by atoms with Crippen LogP contribution in [0.15, 0.2) is 29.1 Å². The third-order valence-electron chi connectivity index (χ3n) is 4.75. The first kappa shape index (κ1) is 19.5. The van der Waals surface area contributed by atoms with E-state index in [9.17, 15) is 9.59 Å². The van der Waals surface area contributed by atoms with Gasteiger partial charge < -0.3 is 10.3 Å². The Hall–Kier alpha value is -2.87. The fraction of sp³-hybridized carbons (Fsp3) is 0.381. The van der Waals surface area contributed by atoms with Gasteiger partial charge in [0, 0.05) is 12.1 Å². The molecule has 0 aliphatic rings. The Morgan fingerprint density at radius 1 is 1.23 bits per heavy atom. The first-order chi connectivity index (χ1) is 12.4. The smallest absolute Gasteiger partial charge is 0.266 e. The first-order valence-electron chi connectivity index (χ1n) is 8.85. The number of aromatic nitrogens is 1. The molecule has 2 aromatic rings. The molecule has 1 unspecified atom stereocenters. The van der Waals surface area contributed by atoms with Gasteiger partial charge in [-0.1, -0.05) is 36.8 Å². The number of amides is 1. The number of carbonyl (C=O) groups is 1. The Balaban J connectivity index is 2.08. The van der Waals surface area contributed by atoms with Crippen molar-refractivity contribution in [3.05, 3.63) is 68.1 Å². The highest BCUT2D eigenvalue weighted by atomic mass is 16.1. The number of hydrogen-bond acceptors (Lipinski definition) is 3. The molecule has 0 saturated carbocycles. The molecular formula is C21H25N3O2. The third kappa shape index (κ3) is 4.40. The summed E-state index contributed by atoms with van der Waals surface area (Å²) in [5, 5.41) is 12.2. The molecule has 5 nitrogen and oxygen atoms in total. The van der Waals surface area contributed by atoms with E-state index in [2.05, 4.69) is 10.3 Å². The number of benzene rings is 1. The molecule has 0 saturated heterocycles. The number of aryl methyl sites for hydroxylation is 2. The van der Waals surface area contributed by atoms with Crippen molar-refractivity contribution in [3.8, 4) is 6.07 Å². The lowest BCUT2D eigenvalue weighted by Gasteiger charge is -2.18.